The number of hydrogen-bond acceptors (Lipinski definition) is 9. The van der Waals surface area contributed by atoms with Crippen molar-refractivity contribution in [3.05, 3.63) is 70.2 Å². The van der Waals surface area contributed by atoms with E-state index in [1.807, 2.05) is 19.1 Å². The number of rotatable bonds is 11. The molecule has 1 heterocycles. The summed E-state index contributed by atoms with van der Waals surface area (Å²) in [5.74, 6) is -2.26. The largest absolute Gasteiger partial charge is 0.497 e. The quantitative estimate of drug-likeness (QED) is 0.312. The number of benzene rings is 2. The van der Waals surface area contributed by atoms with Crippen LogP contribution in [0.1, 0.15) is 51.2 Å². The fraction of sp³-hybridized carbons (Fsp3) is 0.269. The number of carbonyl (C=O) groups excluding carboxylic acids is 4. The zero-order chi connectivity index (χ0) is 27.8. The maximum atomic E-state index is 14.1. The number of nitrogen functional groups attached to an aromatic ring is 1. The summed E-state index contributed by atoms with van der Waals surface area (Å²) >= 11 is 0.711. The first-order chi connectivity index (χ1) is 18.2. The first-order valence-corrected chi connectivity index (χ1v) is 12.5. The van der Waals surface area contributed by atoms with Crippen molar-refractivity contribution in [2.24, 2.45) is 5.73 Å². The monoisotopic (exact) mass is 539 g/mol. The maximum absolute atomic E-state index is 14.1. The van der Waals surface area contributed by atoms with Gasteiger partial charge in [-0.2, -0.15) is 4.37 Å². The summed E-state index contributed by atoms with van der Waals surface area (Å²) in [7, 11) is 1.51. The lowest BCUT2D eigenvalue weighted by atomic mass is 10.00. The van der Waals surface area contributed by atoms with Crippen molar-refractivity contribution in [3.63, 3.8) is 0 Å². The summed E-state index contributed by atoms with van der Waals surface area (Å²) in [5, 5.41) is 2.57. The molecule has 1 atom stereocenters. The number of hydrogen-bond donors (Lipinski definition) is 3. The second-order valence-electron chi connectivity index (χ2n) is 7.99. The molecule has 3 amide bonds. The summed E-state index contributed by atoms with van der Waals surface area (Å²) in [6, 6.07) is 12.5. The Hall–Kier alpha value is -4.45. The van der Waals surface area contributed by atoms with E-state index in [0.29, 0.717) is 35.0 Å². The van der Waals surface area contributed by atoms with E-state index in [1.54, 1.807) is 43.3 Å². The van der Waals surface area contributed by atoms with Gasteiger partial charge in [-0.15, -0.1) is 0 Å². The molecule has 3 aromatic rings. The minimum absolute atomic E-state index is 0.0542. The zero-order valence-electron chi connectivity index (χ0n) is 21.2. The van der Waals surface area contributed by atoms with Gasteiger partial charge >= 0.3 is 5.97 Å². The van der Waals surface area contributed by atoms with Crippen LogP contribution in [0.15, 0.2) is 48.5 Å². The van der Waals surface area contributed by atoms with Crippen LogP contribution in [-0.2, 0) is 20.7 Å². The number of nitrogens with two attached hydrogens (primary N) is 2. The van der Waals surface area contributed by atoms with Crippen LogP contribution in [0.4, 0.5) is 11.4 Å². The molecule has 12 heteroatoms. The van der Waals surface area contributed by atoms with Gasteiger partial charge in [0, 0.05) is 5.69 Å². The van der Waals surface area contributed by atoms with Crippen molar-refractivity contribution in [1.82, 2.24) is 9.69 Å². The summed E-state index contributed by atoms with van der Waals surface area (Å²) in [4.78, 5) is 52.8. The minimum atomic E-state index is -1.24. The molecule has 2 aromatic carbocycles. The van der Waals surface area contributed by atoms with Crippen molar-refractivity contribution in [2.45, 2.75) is 26.3 Å². The highest BCUT2D eigenvalue weighted by molar-refractivity contribution is 7.09. The van der Waals surface area contributed by atoms with Crippen molar-refractivity contribution < 1.29 is 28.7 Å². The fourth-order valence-corrected chi connectivity index (χ4v) is 4.56. The van der Waals surface area contributed by atoms with Crippen molar-refractivity contribution in [1.29, 1.82) is 0 Å². The van der Waals surface area contributed by atoms with Crippen LogP contribution in [0, 0.1) is 0 Å². The molecule has 0 saturated heterocycles. The van der Waals surface area contributed by atoms with Gasteiger partial charge in [-0.25, -0.2) is 0 Å². The lowest BCUT2D eigenvalue weighted by Gasteiger charge is -2.32. The Morgan fingerprint density at radius 3 is 2.34 bits per heavy atom. The SMILES string of the molecule is CCOC(=O)CNC(=O)C(c1ccc(OC)cc1)N(C(=O)c1snc(C(N)=O)c1N)c1ccccc1CC. The number of carbonyl (C=O) groups is 4. The number of aromatic nitrogens is 1. The van der Waals surface area contributed by atoms with E-state index in [-0.39, 0.29) is 22.9 Å². The van der Waals surface area contributed by atoms with Gasteiger partial charge in [0.25, 0.3) is 11.8 Å². The van der Waals surface area contributed by atoms with Gasteiger partial charge < -0.3 is 26.3 Å². The zero-order valence-corrected chi connectivity index (χ0v) is 22.0. The third kappa shape index (κ3) is 6.09. The number of anilines is 2. The van der Waals surface area contributed by atoms with Gasteiger partial charge in [0.15, 0.2) is 5.69 Å². The fourth-order valence-electron chi connectivity index (χ4n) is 3.82. The maximum Gasteiger partial charge on any atom is 0.325 e. The molecule has 1 unspecified atom stereocenters. The summed E-state index contributed by atoms with van der Waals surface area (Å²) in [6.45, 7) is 3.32. The van der Waals surface area contributed by atoms with Gasteiger partial charge in [0.2, 0.25) is 5.91 Å². The van der Waals surface area contributed by atoms with Gasteiger partial charge in [0.1, 0.15) is 23.2 Å². The summed E-state index contributed by atoms with van der Waals surface area (Å²) < 4.78 is 14.1. The van der Waals surface area contributed by atoms with E-state index in [4.69, 9.17) is 20.9 Å². The van der Waals surface area contributed by atoms with Gasteiger partial charge in [-0.1, -0.05) is 37.3 Å². The molecule has 0 aliphatic heterocycles. The van der Waals surface area contributed by atoms with E-state index in [9.17, 15) is 19.2 Å². The number of aryl methyl sites for hydroxylation is 1. The summed E-state index contributed by atoms with van der Waals surface area (Å²) in [6.07, 6.45) is 0.546. The summed E-state index contributed by atoms with van der Waals surface area (Å²) in [5.41, 5.74) is 12.7. The molecule has 3 rings (SSSR count). The number of ether oxygens (including phenoxy) is 2. The van der Waals surface area contributed by atoms with Gasteiger partial charge in [-0.05, 0) is 54.2 Å². The number of amides is 3. The molecule has 0 radical (unpaired) electrons. The number of primary amides is 1. The molecule has 0 aliphatic carbocycles. The third-order valence-electron chi connectivity index (χ3n) is 5.66. The van der Waals surface area contributed by atoms with Gasteiger partial charge in [-0.3, -0.25) is 24.1 Å². The molecule has 0 bridgehead atoms. The van der Waals surface area contributed by atoms with Gasteiger partial charge in [0.05, 0.1) is 19.4 Å². The third-order valence-corrected chi connectivity index (χ3v) is 6.51. The van der Waals surface area contributed by atoms with Crippen LogP contribution in [0.5, 0.6) is 5.75 Å². The Balaban J connectivity index is 2.20. The molecule has 1 aromatic heterocycles. The lowest BCUT2D eigenvalue weighted by molar-refractivity contribution is -0.143. The van der Waals surface area contributed by atoms with Crippen molar-refractivity contribution in [2.75, 3.05) is 30.9 Å². The predicted molar refractivity (Wildman–Crippen MR) is 143 cm³/mol. The highest BCUT2D eigenvalue weighted by atomic mass is 32.1. The second-order valence-corrected chi connectivity index (χ2v) is 8.77. The van der Waals surface area contributed by atoms with Crippen LogP contribution in [0.25, 0.3) is 0 Å². The first kappa shape index (κ1) is 28.1. The number of nitrogens with one attached hydrogen (secondary N) is 1. The average molecular weight is 540 g/mol. The molecule has 0 aliphatic rings. The van der Waals surface area contributed by atoms with Crippen LogP contribution >= 0.6 is 11.5 Å². The van der Waals surface area contributed by atoms with Crippen LogP contribution in [0.2, 0.25) is 0 Å². The Morgan fingerprint density at radius 2 is 1.76 bits per heavy atom. The molecule has 38 heavy (non-hydrogen) atoms. The minimum Gasteiger partial charge on any atom is -0.497 e. The number of esters is 1. The second kappa shape index (κ2) is 12.7. The Bertz CT molecular complexity index is 1320. The van der Waals surface area contributed by atoms with Crippen LogP contribution in [-0.4, -0.2) is 48.3 Å². The van der Waals surface area contributed by atoms with E-state index in [0.717, 1.165) is 5.56 Å². The number of methoxy groups -OCH3 is 1. The highest BCUT2D eigenvalue weighted by Gasteiger charge is 2.37. The van der Waals surface area contributed by atoms with E-state index in [1.165, 1.54) is 12.0 Å². The van der Waals surface area contributed by atoms with E-state index >= 15 is 0 Å². The average Bonchev–Trinajstić information content (AvgIpc) is 3.31. The topological polar surface area (TPSA) is 167 Å². The molecule has 5 N–H and O–H groups in total. The molecular formula is C26H29N5O6S. The van der Waals surface area contributed by atoms with E-state index in [2.05, 4.69) is 9.69 Å². The van der Waals surface area contributed by atoms with E-state index < -0.39 is 36.3 Å². The molecule has 0 fully saturated rings. The Morgan fingerprint density at radius 1 is 1.08 bits per heavy atom. The predicted octanol–water partition coefficient (Wildman–Crippen LogP) is 2.46. The molecule has 0 spiro atoms. The Kier molecular flexibility index (Phi) is 9.39. The van der Waals surface area contributed by atoms with Crippen LogP contribution in [0.3, 0.4) is 0 Å². The molecule has 0 saturated carbocycles. The van der Waals surface area contributed by atoms with Crippen molar-refractivity contribution >= 4 is 46.6 Å². The molecule has 11 nitrogen and oxygen atoms in total. The first-order valence-electron chi connectivity index (χ1n) is 11.8. The molecule has 200 valence electrons. The Labute approximate surface area is 223 Å². The number of nitrogens with zero attached hydrogens (tertiary/aromatic N) is 2. The van der Waals surface area contributed by atoms with Crippen molar-refractivity contribution in [3.8, 4) is 5.75 Å². The number of para-hydroxylation sites is 1. The lowest BCUT2D eigenvalue weighted by Crippen LogP contribution is -2.45. The smallest absolute Gasteiger partial charge is 0.325 e. The standard InChI is InChI=1S/C26H29N5O6S/c1-4-15-8-6-7-9-18(15)31(26(35)23-20(27)21(24(28)33)30-38-23)22(16-10-12-17(36-3)13-11-16)25(34)29-14-19(32)37-5-2/h6-13,22H,4-5,14,27H2,1-3H3,(H2,28,33)(H,29,34). The van der Waals surface area contributed by atoms with Crippen LogP contribution < -0.4 is 26.4 Å². The molecular weight excluding hydrogens is 510 g/mol. The highest BCUT2D eigenvalue weighted by Crippen LogP contribution is 2.35. The normalized spacial score (nSPS) is 11.3.